The molecule has 1 heterocycles. The van der Waals surface area contributed by atoms with E-state index in [1.165, 1.54) is 6.42 Å². The Hall–Kier alpha value is -0.570. The molecule has 1 unspecified atom stereocenters. The SMILES string of the molecule is CCCC(=O)OCCC1CCNC1. The Bertz CT molecular complexity index is 153. The Kier molecular flexibility index (Phi) is 4.83. The molecular formula is C10H19NO2. The lowest BCUT2D eigenvalue weighted by Crippen LogP contribution is -2.12. The summed E-state index contributed by atoms with van der Waals surface area (Å²) in [6.45, 7) is 4.80. The van der Waals surface area contributed by atoms with Gasteiger partial charge in [0.2, 0.25) is 0 Å². The molecule has 1 fully saturated rings. The second-order valence-corrected chi connectivity index (χ2v) is 3.62. The van der Waals surface area contributed by atoms with E-state index in [1.807, 2.05) is 6.92 Å². The first-order chi connectivity index (χ1) is 6.33. The van der Waals surface area contributed by atoms with Crippen LogP contribution >= 0.6 is 0 Å². The Labute approximate surface area is 79.8 Å². The number of hydrogen-bond donors (Lipinski definition) is 1. The normalized spacial score (nSPS) is 21.8. The van der Waals surface area contributed by atoms with Crippen molar-refractivity contribution in [2.24, 2.45) is 5.92 Å². The molecule has 1 atom stereocenters. The fourth-order valence-corrected chi connectivity index (χ4v) is 1.58. The summed E-state index contributed by atoms with van der Waals surface area (Å²) >= 11 is 0. The molecule has 13 heavy (non-hydrogen) atoms. The molecule has 0 aromatic heterocycles. The van der Waals surface area contributed by atoms with Gasteiger partial charge in [0.25, 0.3) is 0 Å². The Morgan fingerprint density at radius 2 is 2.46 bits per heavy atom. The molecule has 3 nitrogen and oxygen atoms in total. The van der Waals surface area contributed by atoms with Crippen molar-refractivity contribution < 1.29 is 9.53 Å². The molecule has 0 aliphatic carbocycles. The van der Waals surface area contributed by atoms with Crippen LogP contribution in [0.3, 0.4) is 0 Å². The second kappa shape index (κ2) is 5.97. The fourth-order valence-electron chi connectivity index (χ4n) is 1.58. The van der Waals surface area contributed by atoms with Gasteiger partial charge in [-0.25, -0.2) is 0 Å². The monoisotopic (exact) mass is 185 g/mol. The van der Waals surface area contributed by atoms with E-state index < -0.39 is 0 Å². The summed E-state index contributed by atoms with van der Waals surface area (Å²) in [6, 6.07) is 0. The minimum absolute atomic E-state index is 0.0477. The van der Waals surface area contributed by atoms with Gasteiger partial charge in [0, 0.05) is 6.42 Å². The van der Waals surface area contributed by atoms with Gasteiger partial charge in [-0.2, -0.15) is 0 Å². The van der Waals surface area contributed by atoms with E-state index in [-0.39, 0.29) is 5.97 Å². The highest BCUT2D eigenvalue weighted by Crippen LogP contribution is 2.11. The number of ether oxygens (including phenoxy) is 1. The second-order valence-electron chi connectivity index (χ2n) is 3.62. The summed E-state index contributed by atoms with van der Waals surface area (Å²) < 4.78 is 5.08. The summed E-state index contributed by atoms with van der Waals surface area (Å²) in [5.74, 6) is 0.669. The first-order valence-electron chi connectivity index (χ1n) is 5.19. The van der Waals surface area contributed by atoms with E-state index in [4.69, 9.17) is 4.74 Å². The molecule has 0 aromatic carbocycles. The molecule has 1 aliphatic rings. The first kappa shape index (κ1) is 10.5. The summed E-state index contributed by atoms with van der Waals surface area (Å²) in [5, 5.41) is 3.30. The molecule has 0 aromatic rings. The Balaban J connectivity index is 1.96. The summed E-state index contributed by atoms with van der Waals surface area (Å²) in [7, 11) is 0. The standard InChI is InChI=1S/C10H19NO2/c1-2-3-10(12)13-7-5-9-4-6-11-8-9/h9,11H,2-8H2,1H3. The maximum absolute atomic E-state index is 11.0. The van der Waals surface area contributed by atoms with Crippen molar-refractivity contribution in [2.75, 3.05) is 19.7 Å². The van der Waals surface area contributed by atoms with E-state index in [2.05, 4.69) is 5.32 Å². The highest BCUT2D eigenvalue weighted by Gasteiger charge is 2.14. The third kappa shape index (κ3) is 4.27. The van der Waals surface area contributed by atoms with Crippen LogP contribution in [0.1, 0.15) is 32.6 Å². The predicted octanol–water partition coefficient (Wildman–Crippen LogP) is 1.33. The molecule has 76 valence electrons. The first-order valence-corrected chi connectivity index (χ1v) is 5.19. The summed E-state index contributed by atoms with van der Waals surface area (Å²) in [6.07, 6.45) is 3.68. The average molecular weight is 185 g/mol. The lowest BCUT2D eigenvalue weighted by molar-refractivity contribution is -0.144. The van der Waals surface area contributed by atoms with Gasteiger partial charge < -0.3 is 10.1 Å². The smallest absolute Gasteiger partial charge is 0.305 e. The number of rotatable bonds is 5. The van der Waals surface area contributed by atoms with Crippen molar-refractivity contribution in [1.29, 1.82) is 0 Å². The van der Waals surface area contributed by atoms with Gasteiger partial charge in [-0.1, -0.05) is 6.92 Å². The van der Waals surface area contributed by atoms with E-state index >= 15 is 0 Å². The van der Waals surface area contributed by atoms with Crippen LogP contribution in [0.5, 0.6) is 0 Å². The molecule has 0 bridgehead atoms. The van der Waals surface area contributed by atoms with Gasteiger partial charge >= 0.3 is 5.97 Å². The average Bonchev–Trinajstić information content (AvgIpc) is 2.57. The minimum atomic E-state index is -0.0477. The lowest BCUT2D eigenvalue weighted by Gasteiger charge is -2.08. The molecule has 1 saturated heterocycles. The third-order valence-corrected chi connectivity index (χ3v) is 2.41. The summed E-state index contributed by atoms with van der Waals surface area (Å²) in [4.78, 5) is 11.0. The van der Waals surface area contributed by atoms with Crippen molar-refractivity contribution in [1.82, 2.24) is 5.32 Å². The van der Waals surface area contributed by atoms with Crippen LogP contribution in [0.25, 0.3) is 0 Å². The number of nitrogens with one attached hydrogen (secondary N) is 1. The molecule has 0 spiro atoms. The van der Waals surface area contributed by atoms with Crippen molar-refractivity contribution in [3.63, 3.8) is 0 Å². The van der Waals surface area contributed by atoms with E-state index in [9.17, 15) is 4.79 Å². The van der Waals surface area contributed by atoms with Gasteiger partial charge in [-0.3, -0.25) is 4.79 Å². The van der Waals surface area contributed by atoms with Crippen LogP contribution in [0.15, 0.2) is 0 Å². The zero-order valence-corrected chi connectivity index (χ0v) is 8.34. The van der Waals surface area contributed by atoms with Gasteiger partial charge in [0.1, 0.15) is 0 Å². The molecule has 1 N–H and O–H groups in total. The van der Waals surface area contributed by atoms with Crippen molar-refractivity contribution in [3.8, 4) is 0 Å². The molecule has 1 aliphatic heterocycles. The molecule has 0 amide bonds. The minimum Gasteiger partial charge on any atom is -0.466 e. The topological polar surface area (TPSA) is 38.3 Å². The van der Waals surface area contributed by atoms with Crippen molar-refractivity contribution in [2.45, 2.75) is 32.6 Å². The van der Waals surface area contributed by atoms with Crippen molar-refractivity contribution in [3.05, 3.63) is 0 Å². The zero-order valence-electron chi connectivity index (χ0n) is 8.34. The largest absolute Gasteiger partial charge is 0.466 e. The van der Waals surface area contributed by atoms with Crippen LogP contribution < -0.4 is 5.32 Å². The molecular weight excluding hydrogens is 166 g/mol. The zero-order chi connectivity index (χ0) is 9.52. The molecule has 3 heteroatoms. The van der Waals surface area contributed by atoms with E-state index in [0.717, 1.165) is 31.8 Å². The lowest BCUT2D eigenvalue weighted by atomic mass is 10.1. The van der Waals surface area contributed by atoms with Gasteiger partial charge in [-0.15, -0.1) is 0 Å². The van der Waals surface area contributed by atoms with E-state index in [0.29, 0.717) is 13.0 Å². The van der Waals surface area contributed by atoms with Gasteiger partial charge in [0.05, 0.1) is 6.61 Å². The molecule has 0 radical (unpaired) electrons. The van der Waals surface area contributed by atoms with Crippen LogP contribution in [0.2, 0.25) is 0 Å². The summed E-state index contributed by atoms with van der Waals surface area (Å²) in [5.41, 5.74) is 0. The van der Waals surface area contributed by atoms with Crippen LogP contribution in [-0.2, 0) is 9.53 Å². The highest BCUT2D eigenvalue weighted by atomic mass is 16.5. The third-order valence-electron chi connectivity index (χ3n) is 2.41. The molecule has 1 rings (SSSR count). The van der Waals surface area contributed by atoms with Crippen LogP contribution in [0, 0.1) is 5.92 Å². The molecule has 0 saturated carbocycles. The number of carbonyl (C=O) groups excluding carboxylic acids is 1. The number of carbonyl (C=O) groups is 1. The van der Waals surface area contributed by atoms with Crippen LogP contribution in [0.4, 0.5) is 0 Å². The van der Waals surface area contributed by atoms with Gasteiger partial charge in [-0.05, 0) is 38.3 Å². The van der Waals surface area contributed by atoms with E-state index in [1.54, 1.807) is 0 Å². The highest BCUT2D eigenvalue weighted by molar-refractivity contribution is 5.69. The number of hydrogen-bond acceptors (Lipinski definition) is 3. The quantitative estimate of drug-likeness (QED) is 0.657. The number of esters is 1. The Morgan fingerprint density at radius 1 is 1.62 bits per heavy atom. The maximum Gasteiger partial charge on any atom is 0.305 e. The van der Waals surface area contributed by atoms with Crippen LogP contribution in [-0.4, -0.2) is 25.7 Å². The van der Waals surface area contributed by atoms with Crippen molar-refractivity contribution >= 4 is 5.97 Å². The Morgan fingerprint density at radius 3 is 3.08 bits per heavy atom. The fraction of sp³-hybridized carbons (Fsp3) is 0.900. The predicted molar refractivity (Wildman–Crippen MR) is 51.5 cm³/mol. The van der Waals surface area contributed by atoms with Gasteiger partial charge in [0.15, 0.2) is 0 Å². The maximum atomic E-state index is 11.0.